The van der Waals surface area contributed by atoms with Crippen LogP contribution in [0.15, 0.2) is 12.3 Å². The molecule has 1 aromatic heterocycles. The summed E-state index contributed by atoms with van der Waals surface area (Å²) in [5.41, 5.74) is 0.275. The zero-order valence-electron chi connectivity index (χ0n) is 11.9. The number of carboxylic acid groups (broad SMARTS) is 1. The molecule has 0 spiro atoms. The number of aryl methyl sites for hydroxylation is 1. The molecule has 0 bridgehead atoms. The zero-order chi connectivity index (χ0) is 14.4. The third-order valence-electron chi connectivity index (χ3n) is 3.81. The van der Waals surface area contributed by atoms with Crippen LogP contribution in [0.2, 0.25) is 0 Å². The lowest BCUT2D eigenvalue weighted by Crippen LogP contribution is -2.41. The molecule has 0 unspecified atom stereocenters. The molecule has 2 rings (SSSR count). The smallest absolute Gasteiger partial charge is 0.478 e. The summed E-state index contributed by atoms with van der Waals surface area (Å²) in [7, 11) is -0.704. The van der Waals surface area contributed by atoms with Crippen LogP contribution in [0.3, 0.4) is 0 Å². The fourth-order valence-electron chi connectivity index (χ4n) is 1.91. The van der Waals surface area contributed by atoms with Crippen molar-refractivity contribution in [3.8, 4) is 0 Å². The van der Waals surface area contributed by atoms with Gasteiger partial charge in [-0.2, -0.15) is 0 Å². The van der Waals surface area contributed by atoms with Crippen LogP contribution in [0.5, 0.6) is 0 Å². The van der Waals surface area contributed by atoms with Gasteiger partial charge >= 0.3 is 13.1 Å². The number of rotatable bonds is 2. The first kappa shape index (κ1) is 14.0. The highest BCUT2D eigenvalue weighted by Crippen LogP contribution is 2.36. The second-order valence-electron chi connectivity index (χ2n) is 5.81. The molecule has 0 amide bonds. The minimum Gasteiger partial charge on any atom is -0.478 e. The fraction of sp³-hybridized carbons (Fsp3) is 0.538. The summed E-state index contributed by atoms with van der Waals surface area (Å²) in [5, 5.41) is 9.27. The van der Waals surface area contributed by atoms with E-state index in [0.717, 1.165) is 0 Å². The van der Waals surface area contributed by atoms with Crippen LogP contribution in [0.25, 0.3) is 0 Å². The minimum atomic E-state index is -1.00. The molecule has 5 nitrogen and oxygen atoms in total. The molecule has 0 saturated carbocycles. The van der Waals surface area contributed by atoms with Gasteiger partial charge in [-0.15, -0.1) is 0 Å². The van der Waals surface area contributed by atoms with Gasteiger partial charge in [0.1, 0.15) is 0 Å². The van der Waals surface area contributed by atoms with Crippen LogP contribution in [-0.2, 0) is 9.31 Å². The molecule has 0 atom stereocenters. The van der Waals surface area contributed by atoms with E-state index in [2.05, 4.69) is 4.98 Å². The molecule has 1 saturated heterocycles. The van der Waals surface area contributed by atoms with Gasteiger partial charge in [0.2, 0.25) is 0 Å². The zero-order valence-corrected chi connectivity index (χ0v) is 11.9. The van der Waals surface area contributed by atoms with E-state index in [-0.39, 0.29) is 5.56 Å². The van der Waals surface area contributed by atoms with E-state index >= 15 is 0 Å². The lowest BCUT2D eigenvalue weighted by atomic mass is 9.77. The summed E-state index contributed by atoms with van der Waals surface area (Å²) in [6, 6.07) is 1.53. The Balaban J connectivity index is 2.42. The summed E-state index contributed by atoms with van der Waals surface area (Å²) >= 11 is 0. The molecule has 1 aliphatic heterocycles. The summed E-state index contributed by atoms with van der Waals surface area (Å²) in [6.45, 7) is 9.45. The second-order valence-corrected chi connectivity index (χ2v) is 5.81. The van der Waals surface area contributed by atoms with Crippen LogP contribution in [0.1, 0.15) is 43.7 Å². The maximum Gasteiger partial charge on any atom is 0.497 e. The molecule has 1 aromatic rings. The van der Waals surface area contributed by atoms with Gasteiger partial charge in [0.25, 0.3) is 0 Å². The van der Waals surface area contributed by atoms with Crippen molar-refractivity contribution in [1.82, 2.24) is 4.98 Å². The first-order valence-electron chi connectivity index (χ1n) is 6.19. The maximum atomic E-state index is 11.3. The van der Waals surface area contributed by atoms with Crippen molar-refractivity contribution in [3.05, 3.63) is 23.5 Å². The van der Waals surface area contributed by atoms with Crippen LogP contribution in [-0.4, -0.2) is 34.4 Å². The van der Waals surface area contributed by atoms with Crippen molar-refractivity contribution in [2.24, 2.45) is 0 Å². The number of hydrogen-bond donors (Lipinski definition) is 1. The molecule has 0 aromatic carbocycles. The fourth-order valence-corrected chi connectivity index (χ4v) is 1.91. The number of aromatic nitrogens is 1. The van der Waals surface area contributed by atoms with Crippen molar-refractivity contribution in [2.45, 2.75) is 45.8 Å². The van der Waals surface area contributed by atoms with Crippen LogP contribution >= 0.6 is 0 Å². The normalized spacial score (nSPS) is 20.6. The van der Waals surface area contributed by atoms with Crippen molar-refractivity contribution in [2.75, 3.05) is 0 Å². The first-order valence-corrected chi connectivity index (χ1v) is 6.19. The van der Waals surface area contributed by atoms with Crippen molar-refractivity contribution < 1.29 is 19.2 Å². The number of carboxylic acids is 1. The van der Waals surface area contributed by atoms with E-state index in [0.29, 0.717) is 11.2 Å². The van der Waals surface area contributed by atoms with E-state index in [1.165, 1.54) is 12.3 Å². The number of pyridine rings is 1. The average Bonchev–Trinajstić information content (AvgIpc) is 2.47. The molecule has 1 N–H and O–H groups in total. The standard InChI is InChI=1S/C13H18BNO4/c1-8-6-9(11(16)17)10(7-15-8)14-18-12(2,3)13(4,5)19-14/h6-7H,1-5H3,(H,16,17). The van der Waals surface area contributed by atoms with E-state index in [1.54, 1.807) is 6.92 Å². The Morgan fingerprint density at radius 2 is 1.79 bits per heavy atom. The van der Waals surface area contributed by atoms with E-state index in [1.807, 2.05) is 27.7 Å². The van der Waals surface area contributed by atoms with Gasteiger partial charge in [-0.3, -0.25) is 4.98 Å². The molecule has 1 fully saturated rings. The highest BCUT2D eigenvalue weighted by molar-refractivity contribution is 6.63. The second kappa shape index (κ2) is 4.32. The van der Waals surface area contributed by atoms with Gasteiger partial charge < -0.3 is 14.4 Å². The van der Waals surface area contributed by atoms with Crippen molar-refractivity contribution >= 4 is 18.6 Å². The van der Waals surface area contributed by atoms with E-state index in [4.69, 9.17) is 9.31 Å². The Kier molecular flexibility index (Phi) is 3.19. The van der Waals surface area contributed by atoms with Gasteiger partial charge in [-0.1, -0.05) is 0 Å². The molecule has 1 aliphatic rings. The monoisotopic (exact) mass is 263 g/mol. The van der Waals surface area contributed by atoms with Gasteiger partial charge in [0.15, 0.2) is 0 Å². The molecule has 0 aliphatic carbocycles. The number of nitrogens with zero attached hydrogens (tertiary/aromatic N) is 1. The summed E-state index contributed by atoms with van der Waals surface area (Å²) < 4.78 is 11.7. The third kappa shape index (κ3) is 2.38. The molecular weight excluding hydrogens is 245 g/mol. The summed E-state index contributed by atoms with van der Waals surface area (Å²) in [4.78, 5) is 15.5. The lowest BCUT2D eigenvalue weighted by molar-refractivity contribution is 0.00578. The molecule has 2 heterocycles. The Labute approximate surface area is 113 Å². The minimum absolute atomic E-state index is 0.172. The van der Waals surface area contributed by atoms with E-state index in [9.17, 15) is 9.90 Å². The quantitative estimate of drug-likeness (QED) is 0.816. The van der Waals surface area contributed by atoms with Gasteiger partial charge in [-0.25, -0.2) is 4.79 Å². The van der Waals surface area contributed by atoms with Crippen molar-refractivity contribution in [3.63, 3.8) is 0 Å². The Bertz CT molecular complexity index is 511. The number of carbonyl (C=O) groups is 1. The predicted molar refractivity (Wildman–Crippen MR) is 71.6 cm³/mol. The van der Waals surface area contributed by atoms with Crippen LogP contribution in [0.4, 0.5) is 0 Å². The predicted octanol–water partition coefficient (Wildman–Crippen LogP) is 1.39. The Morgan fingerprint density at radius 3 is 2.26 bits per heavy atom. The van der Waals surface area contributed by atoms with Crippen molar-refractivity contribution in [1.29, 1.82) is 0 Å². The van der Waals surface area contributed by atoms with Gasteiger partial charge in [0.05, 0.1) is 16.8 Å². The van der Waals surface area contributed by atoms with Gasteiger partial charge in [0, 0.05) is 17.4 Å². The molecule has 19 heavy (non-hydrogen) atoms. The number of aromatic carboxylic acids is 1. The van der Waals surface area contributed by atoms with Crippen LogP contribution < -0.4 is 5.46 Å². The maximum absolute atomic E-state index is 11.3. The summed E-state index contributed by atoms with van der Waals surface area (Å²) in [6.07, 6.45) is 1.51. The largest absolute Gasteiger partial charge is 0.497 e. The third-order valence-corrected chi connectivity index (χ3v) is 3.81. The Hall–Kier alpha value is -1.40. The molecular formula is C13H18BNO4. The molecule has 0 radical (unpaired) electrons. The topological polar surface area (TPSA) is 68.7 Å². The Morgan fingerprint density at radius 1 is 1.26 bits per heavy atom. The lowest BCUT2D eigenvalue weighted by Gasteiger charge is -2.32. The highest BCUT2D eigenvalue weighted by Gasteiger charge is 2.52. The van der Waals surface area contributed by atoms with E-state index < -0.39 is 24.3 Å². The average molecular weight is 263 g/mol. The summed E-state index contributed by atoms with van der Waals surface area (Å²) in [5.74, 6) is -1.00. The number of hydrogen-bond acceptors (Lipinski definition) is 4. The SMILES string of the molecule is Cc1cc(C(=O)O)c(B2OC(C)(C)C(C)(C)O2)cn1. The molecule has 102 valence electrons. The highest BCUT2D eigenvalue weighted by atomic mass is 16.7. The first-order chi connectivity index (χ1) is 8.64. The molecule has 6 heteroatoms. The van der Waals surface area contributed by atoms with Gasteiger partial charge in [-0.05, 0) is 40.7 Å². The van der Waals surface area contributed by atoms with Crippen LogP contribution in [0, 0.1) is 6.92 Å².